The van der Waals surface area contributed by atoms with Crippen LogP contribution in [-0.4, -0.2) is 19.9 Å². The van der Waals surface area contributed by atoms with Crippen LogP contribution in [0.25, 0.3) is 11.6 Å². The summed E-state index contributed by atoms with van der Waals surface area (Å²) in [6.45, 7) is 6.96. The highest BCUT2D eigenvalue weighted by atomic mass is 16.5. The molecule has 1 atom stereocenters. The van der Waals surface area contributed by atoms with E-state index in [0.29, 0.717) is 24.0 Å². The van der Waals surface area contributed by atoms with Gasteiger partial charge in [-0.25, -0.2) is 4.68 Å². The molecule has 6 nitrogen and oxygen atoms in total. The maximum absolute atomic E-state index is 11.6. The standard InChI is InChI=1S/C14H18N4O2/c1-4-7-18-11(19)6-5-10(16-18)13-15-12(17-20-13)9-8-14(9,2)3/h5-6,9H,4,7-8H2,1-3H3/t9-/m0/s1. The zero-order valence-electron chi connectivity index (χ0n) is 12.0. The molecule has 3 rings (SSSR count). The van der Waals surface area contributed by atoms with Crippen LogP contribution in [0.5, 0.6) is 0 Å². The Labute approximate surface area is 116 Å². The van der Waals surface area contributed by atoms with E-state index in [2.05, 4.69) is 29.1 Å². The van der Waals surface area contributed by atoms with Crippen LogP contribution >= 0.6 is 0 Å². The first-order valence-corrected chi connectivity index (χ1v) is 6.93. The molecule has 1 fully saturated rings. The Morgan fingerprint density at radius 3 is 2.85 bits per heavy atom. The highest BCUT2D eigenvalue weighted by molar-refractivity contribution is 5.45. The van der Waals surface area contributed by atoms with Gasteiger partial charge in [0.05, 0.1) is 0 Å². The van der Waals surface area contributed by atoms with Gasteiger partial charge in [-0.1, -0.05) is 25.9 Å². The van der Waals surface area contributed by atoms with E-state index in [1.165, 1.54) is 10.7 Å². The van der Waals surface area contributed by atoms with E-state index >= 15 is 0 Å². The van der Waals surface area contributed by atoms with Gasteiger partial charge in [-0.05, 0) is 24.3 Å². The van der Waals surface area contributed by atoms with E-state index in [4.69, 9.17) is 4.52 Å². The zero-order chi connectivity index (χ0) is 14.3. The first-order chi connectivity index (χ1) is 9.51. The molecule has 0 N–H and O–H groups in total. The van der Waals surface area contributed by atoms with E-state index in [1.807, 2.05) is 6.92 Å². The zero-order valence-corrected chi connectivity index (χ0v) is 12.0. The average molecular weight is 274 g/mol. The fourth-order valence-electron chi connectivity index (χ4n) is 2.32. The van der Waals surface area contributed by atoms with Gasteiger partial charge in [-0.2, -0.15) is 10.1 Å². The first-order valence-electron chi connectivity index (χ1n) is 6.93. The highest BCUT2D eigenvalue weighted by Gasteiger charge is 2.49. The summed E-state index contributed by atoms with van der Waals surface area (Å²) in [7, 11) is 0. The number of aromatic nitrogens is 4. The Balaban J connectivity index is 1.90. The number of nitrogens with zero attached hydrogens (tertiary/aromatic N) is 4. The number of aryl methyl sites for hydroxylation is 1. The van der Waals surface area contributed by atoms with Gasteiger partial charge in [-0.15, -0.1) is 0 Å². The van der Waals surface area contributed by atoms with Gasteiger partial charge in [0.25, 0.3) is 11.4 Å². The minimum atomic E-state index is -0.112. The number of rotatable bonds is 4. The number of hydrogen-bond acceptors (Lipinski definition) is 5. The highest BCUT2D eigenvalue weighted by Crippen LogP contribution is 2.57. The van der Waals surface area contributed by atoms with Crippen LogP contribution in [0.15, 0.2) is 21.5 Å². The molecule has 0 aromatic carbocycles. The predicted molar refractivity (Wildman–Crippen MR) is 73.2 cm³/mol. The van der Waals surface area contributed by atoms with Crippen LogP contribution < -0.4 is 5.56 Å². The summed E-state index contributed by atoms with van der Waals surface area (Å²) in [4.78, 5) is 16.0. The van der Waals surface area contributed by atoms with Crippen LogP contribution in [0.1, 0.15) is 45.4 Å². The van der Waals surface area contributed by atoms with Gasteiger partial charge in [0.1, 0.15) is 5.69 Å². The summed E-state index contributed by atoms with van der Waals surface area (Å²) in [6.07, 6.45) is 1.93. The molecule has 1 saturated carbocycles. The summed E-state index contributed by atoms with van der Waals surface area (Å²) in [5.74, 6) is 1.48. The summed E-state index contributed by atoms with van der Waals surface area (Å²) in [6, 6.07) is 3.12. The monoisotopic (exact) mass is 274 g/mol. The molecule has 2 aromatic rings. The molecule has 0 amide bonds. The SMILES string of the molecule is CCCn1nc(-c2nc([C@@H]3CC3(C)C)no2)ccc1=O. The maximum atomic E-state index is 11.6. The molecule has 6 heteroatoms. The molecule has 0 bridgehead atoms. The summed E-state index contributed by atoms with van der Waals surface area (Å²) in [5.41, 5.74) is 0.698. The van der Waals surface area contributed by atoms with Gasteiger partial charge in [-0.3, -0.25) is 4.79 Å². The van der Waals surface area contributed by atoms with E-state index < -0.39 is 0 Å². The van der Waals surface area contributed by atoms with Gasteiger partial charge in [0, 0.05) is 18.5 Å². The van der Waals surface area contributed by atoms with Crippen molar-refractivity contribution in [1.82, 2.24) is 19.9 Å². The third-order valence-corrected chi connectivity index (χ3v) is 3.79. The quantitative estimate of drug-likeness (QED) is 0.854. The van der Waals surface area contributed by atoms with Crippen molar-refractivity contribution >= 4 is 0 Å². The minimum absolute atomic E-state index is 0.112. The Morgan fingerprint density at radius 1 is 1.45 bits per heavy atom. The maximum Gasteiger partial charge on any atom is 0.278 e. The van der Waals surface area contributed by atoms with Crippen molar-refractivity contribution in [1.29, 1.82) is 0 Å². The normalized spacial score (nSPS) is 20.1. The lowest BCUT2D eigenvalue weighted by Gasteiger charge is -2.02. The fraction of sp³-hybridized carbons (Fsp3) is 0.571. The van der Waals surface area contributed by atoms with E-state index in [9.17, 15) is 4.79 Å². The largest absolute Gasteiger partial charge is 0.332 e. The molecular weight excluding hydrogens is 256 g/mol. The minimum Gasteiger partial charge on any atom is -0.332 e. The second-order valence-corrected chi connectivity index (χ2v) is 5.98. The Morgan fingerprint density at radius 2 is 2.20 bits per heavy atom. The van der Waals surface area contributed by atoms with Crippen molar-refractivity contribution in [3.63, 3.8) is 0 Å². The molecule has 1 aliphatic rings. The van der Waals surface area contributed by atoms with E-state index in [1.54, 1.807) is 6.07 Å². The lowest BCUT2D eigenvalue weighted by molar-refractivity contribution is 0.416. The molecular formula is C14H18N4O2. The van der Waals surface area contributed by atoms with E-state index in [-0.39, 0.29) is 11.0 Å². The van der Waals surface area contributed by atoms with Crippen molar-refractivity contribution in [2.24, 2.45) is 5.41 Å². The summed E-state index contributed by atoms with van der Waals surface area (Å²) < 4.78 is 6.71. The van der Waals surface area contributed by atoms with Crippen molar-refractivity contribution in [3.05, 3.63) is 28.3 Å². The van der Waals surface area contributed by atoms with Crippen LogP contribution in [0.2, 0.25) is 0 Å². The second kappa shape index (κ2) is 4.54. The van der Waals surface area contributed by atoms with Crippen LogP contribution in [0.3, 0.4) is 0 Å². The van der Waals surface area contributed by atoms with Gasteiger partial charge >= 0.3 is 0 Å². The fourth-order valence-corrected chi connectivity index (χ4v) is 2.32. The van der Waals surface area contributed by atoms with Crippen molar-refractivity contribution in [2.45, 2.75) is 46.1 Å². The van der Waals surface area contributed by atoms with Crippen LogP contribution in [-0.2, 0) is 6.54 Å². The smallest absolute Gasteiger partial charge is 0.278 e. The molecule has 1 aliphatic carbocycles. The molecule has 0 saturated heterocycles. The van der Waals surface area contributed by atoms with Gasteiger partial charge < -0.3 is 4.52 Å². The summed E-state index contributed by atoms with van der Waals surface area (Å²) in [5, 5.41) is 8.30. The van der Waals surface area contributed by atoms with Crippen molar-refractivity contribution < 1.29 is 4.52 Å². The molecule has 0 unspecified atom stereocenters. The lowest BCUT2D eigenvalue weighted by Crippen LogP contribution is -2.22. The van der Waals surface area contributed by atoms with Gasteiger partial charge in [0.15, 0.2) is 5.82 Å². The van der Waals surface area contributed by atoms with Gasteiger partial charge in [0.2, 0.25) is 0 Å². The molecule has 2 aromatic heterocycles. The molecule has 2 heterocycles. The second-order valence-electron chi connectivity index (χ2n) is 5.98. The Bertz CT molecular complexity index is 686. The van der Waals surface area contributed by atoms with Crippen LogP contribution in [0.4, 0.5) is 0 Å². The first kappa shape index (κ1) is 13.0. The lowest BCUT2D eigenvalue weighted by atomic mass is 10.1. The van der Waals surface area contributed by atoms with Crippen LogP contribution in [0, 0.1) is 5.41 Å². The molecule has 0 aliphatic heterocycles. The molecule has 0 spiro atoms. The predicted octanol–water partition coefficient (Wildman–Crippen LogP) is 2.22. The topological polar surface area (TPSA) is 73.8 Å². The molecule has 20 heavy (non-hydrogen) atoms. The van der Waals surface area contributed by atoms with Crippen molar-refractivity contribution in [2.75, 3.05) is 0 Å². The average Bonchev–Trinajstić information content (AvgIpc) is 2.86. The Kier molecular flexibility index (Phi) is 2.96. The molecule has 0 radical (unpaired) electrons. The van der Waals surface area contributed by atoms with E-state index in [0.717, 1.165) is 18.7 Å². The van der Waals surface area contributed by atoms with Crippen molar-refractivity contribution in [3.8, 4) is 11.6 Å². The Hall–Kier alpha value is -1.98. The third-order valence-electron chi connectivity index (χ3n) is 3.79. The number of hydrogen-bond donors (Lipinski definition) is 0. The summed E-state index contributed by atoms with van der Waals surface area (Å²) >= 11 is 0. The third kappa shape index (κ3) is 2.26. The molecule has 106 valence electrons.